The summed E-state index contributed by atoms with van der Waals surface area (Å²) in [5.74, 6) is 0. The van der Waals surface area contributed by atoms with Gasteiger partial charge in [-0.1, -0.05) is 0 Å². The lowest BCUT2D eigenvalue weighted by Crippen LogP contribution is -2.30. The topological polar surface area (TPSA) is 45.9 Å². The zero-order valence-electron chi connectivity index (χ0n) is 12.5. The highest BCUT2D eigenvalue weighted by Gasteiger charge is 2.28. The van der Waals surface area contributed by atoms with Gasteiger partial charge in [-0.05, 0) is 66.6 Å². The molecule has 0 saturated carbocycles. The van der Waals surface area contributed by atoms with E-state index in [9.17, 15) is 0 Å². The lowest BCUT2D eigenvalue weighted by atomic mass is 10.2. The normalized spacial score (nSPS) is 12.0. The zero-order valence-corrected chi connectivity index (χ0v) is 13.4. The summed E-state index contributed by atoms with van der Waals surface area (Å²) in [7, 11) is 10.3. The van der Waals surface area contributed by atoms with Crippen LogP contribution in [0.25, 0.3) is 0 Å². The van der Waals surface area contributed by atoms with Crippen molar-refractivity contribution < 1.29 is 0 Å². The van der Waals surface area contributed by atoms with Crippen molar-refractivity contribution in [3.8, 4) is 6.07 Å². The summed E-state index contributed by atoms with van der Waals surface area (Å²) in [5, 5.41) is 8.83. The van der Waals surface area contributed by atoms with Gasteiger partial charge in [0, 0.05) is 0 Å². The molecule has 0 aliphatic carbocycles. The van der Waals surface area contributed by atoms with Gasteiger partial charge in [0.25, 0.3) is 0 Å². The van der Waals surface area contributed by atoms with Crippen molar-refractivity contribution in [2.75, 3.05) is 42.3 Å². The summed E-state index contributed by atoms with van der Waals surface area (Å²) in [6.07, 6.45) is 0. The number of nitrogens with zero attached hydrogens (tertiary/aromatic N) is 5. The van der Waals surface area contributed by atoms with Crippen LogP contribution in [-0.2, 0) is 0 Å². The van der Waals surface area contributed by atoms with Crippen LogP contribution in [0.5, 0.6) is 0 Å². The molecule has 104 valence electrons. The number of benzene rings is 1. The molecule has 0 spiro atoms. The van der Waals surface area contributed by atoms with Crippen LogP contribution in [0.1, 0.15) is 5.56 Å². The summed E-state index contributed by atoms with van der Waals surface area (Å²) < 4.78 is 11.4. The number of nitriles is 1. The maximum atomic E-state index is 8.83. The molecule has 0 aliphatic rings. The lowest BCUT2D eigenvalue weighted by molar-refractivity contribution is 0.474. The van der Waals surface area contributed by atoms with Gasteiger partial charge in [-0.15, -0.1) is 0 Å². The van der Waals surface area contributed by atoms with Gasteiger partial charge in [-0.2, -0.15) is 5.26 Å². The van der Waals surface area contributed by atoms with E-state index < -0.39 is 7.51 Å². The van der Waals surface area contributed by atoms with Crippen LogP contribution in [0.3, 0.4) is 0 Å². The van der Waals surface area contributed by atoms with E-state index in [0.29, 0.717) is 5.56 Å². The van der Waals surface area contributed by atoms with E-state index in [1.807, 2.05) is 54.4 Å². The fraction of sp³-hybridized carbons (Fsp3) is 0.462. The summed E-state index contributed by atoms with van der Waals surface area (Å²) in [6.45, 7) is 0. The average molecular weight is 279 g/mol. The molecular formula is C13H22N5P. The summed E-state index contributed by atoms with van der Waals surface area (Å²) >= 11 is 0. The third-order valence-electron chi connectivity index (χ3n) is 2.86. The highest BCUT2D eigenvalue weighted by molar-refractivity contribution is 7.59. The maximum absolute atomic E-state index is 8.83. The number of hydrogen-bond acceptors (Lipinski definition) is 2. The maximum Gasteiger partial charge on any atom is 0.171 e. The van der Waals surface area contributed by atoms with E-state index in [1.165, 1.54) is 0 Å². The molecule has 0 fully saturated rings. The second-order valence-electron chi connectivity index (χ2n) is 4.84. The fourth-order valence-corrected chi connectivity index (χ4v) is 5.23. The number of rotatable bonds is 4. The Hall–Kier alpha value is -1.18. The van der Waals surface area contributed by atoms with Crippen molar-refractivity contribution in [3.05, 3.63) is 29.8 Å². The molecule has 0 saturated heterocycles. The zero-order chi connectivity index (χ0) is 14.6. The molecule has 0 bridgehead atoms. The van der Waals surface area contributed by atoms with E-state index in [-0.39, 0.29) is 0 Å². The van der Waals surface area contributed by atoms with Crippen molar-refractivity contribution in [1.82, 2.24) is 14.0 Å². The van der Waals surface area contributed by atoms with Gasteiger partial charge in [0.2, 0.25) is 0 Å². The van der Waals surface area contributed by atoms with Gasteiger partial charge in [-0.3, -0.25) is 14.0 Å². The molecule has 0 aliphatic heterocycles. The van der Waals surface area contributed by atoms with Crippen molar-refractivity contribution in [2.45, 2.75) is 0 Å². The second kappa shape index (κ2) is 6.31. The molecule has 0 heterocycles. The Labute approximate surface area is 116 Å². The molecular weight excluding hydrogens is 257 g/mol. The van der Waals surface area contributed by atoms with E-state index in [2.05, 4.69) is 20.1 Å². The van der Waals surface area contributed by atoms with Gasteiger partial charge in [0.05, 0.1) is 17.3 Å². The van der Waals surface area contributed by atoms with Crippen molar-refractivity contribution in [2.24, 2.45) is 4.74 Å². The van der Waals surface area contributed by atoms with Crippen LogP contribution in [0, 0.1) is 11.3 Å². The SMILES string of the molecule is CN(C)P(=Nc1ccc(C#N)cc1)(N(C)C)N(C)C. The minimum atomic E-state index is -1.92. The van der Waals surface area contributed by atoms with Gasteiger partial charge < -0.3 is 0 Å². The smallest absolute Gasteiger partial charge is 0.171 e. The van der Waals surface area contributed by atoms with Crippen molar-refractivity contribution in [3.63, 3.8) is 0 Å². The van der Waals surface area contributed by atoms with E-state index in [4.69, 9.17) is 10.0 Å². The van der Waals surface area contributed by atoms with Crippen LogP contribution >= 0.6 is 7.51 Å². The Balaban J connectivity index is 3.38. The van der Waals surface area contributed by atoms with Gasteiger partial charge >= 0.3 is 0 Å². The van der Waals surface area contributed by atoms with E-state index >= 15 is 0 Å². The molecule has 1 aromatic rings. The van der Waals surface area contributed by atoms with Crippen LogP contribution < -0.4 is 0 Å². The highest BCUT2D eigenvalue weighted by Crippen LogP contribution is 2.56. The molecule has 0 unspecified atom stereocenters. The standard InChI is InChI=1S/C13H22N5P/c1-16(2)19(17(3)4,18(5)6)15-13-9-7-12(11-14)8-10-13/h7-10H,1-6H3. The third kappa shape index (κ3) is 3.23. The first-order valence-corrected chi connectivity index (χ1v) is 7.60. The molecule has 1 rings (SSSR count). The molecule has 0 radical (unpaired) electrons. The minimum absolute atomic E-state index is 0.655. The predicted octanol–water partition coefficient (Wildman–Crippen LogP) is 2.82. The molecule has 0 amide bonds. The molecule has 5 nitrogen and oxygen atoms in total. The minimum Gasteiger partial charge on any atom is -0.252 e. The molecule has 0 aromatic heterocycles. The molecule has 1 aromatic carbocycles. The molecule has 0 N–H and O–H groups in total. The Morgan fingerprint density at radius 1 is 0.895 bits per heavy atom. The fourth-order valence-electron chi connectivity index (χ4n) is 2.10. The monoisotopic (exact) mass is 279 g/mol. The van der Waals surface area contributed by atoms with Crippen molar-refractivity contribution >= 4 is 13.2 Å². The summed E-state index contributed by atoms with van der Waals surface area (Å²) in [5.41, 5.74) is 1.55. The van der Waals surface area contributed by atoms with Crippen LogP contribution in [0.4, 0.5) is 5.69 Å². The Morgan fingerprint density at radius 3 is 1.63 bits per heavy atom. The summed E-state index contributed by atoms with van der Waals surface area (Å²) in [6, 6.07) is 9.51. The molecule has 6 heteroatoms. The van der Waals surface area contributed by atoms with Crippen LogP contribution in [0.2, 0.25) is 0 Å². The first kappa shape index (κ1) is 15.9. The first-order chi connectivity index (χ1) is 8.84. The predicted molar refractivity (Wildman–Crippen MR) is 81.2 cm³/mol. The summed E-state index contributed by atoms with van der Waals surface area (Å²) in [4.78, 5) is 0. The Morgan fingerprint density at radius 2 is 1.32 bits per heavy atom. The first-order valence-electron chi connectivity index (χ1n) is 6.00. The van der Waals surface area contributed by atoms with Gasteiger partial charge in [0.15, 0.2) is 7.51 Å². The Bertz CT molecular complexity index is 482. The van der Waals surface area contributed by atoms with Crippen LogP contribution in [-0.4, -0.2) is 56.3 Å². The largest absolute Gasteiger partial charge is 0.252 e. The van der Waals surface area contributed by atoms with Crippen LogP contribution in [0.15, 0.2) is 29.0 Å². The average Bonchev–Trinajstić information content (AvgIpc) is 2.35. The Kier molecular flexibility index (Phi) is 5.28. The van der Waals surface area contributed by atoms with Gasteiger partial charge in [0.1, 0.15) is 0 Å². The van der Waals surface area contributed by atoms with Crippen molar-refractivity contribution in [1.29, 1.82) is 5.26 Å². The quantitative estimate of drug-likeness (QED) is 0.795. The third-order valence-corrected chi connectivity index (χ3v) is 6.58. The highest BCUT2D eigenvalue weighted by atomic mass is 31.2. The van der Waals surface area contributed by atoms with Gasteiger partial charge in [-0.25, -0.2) is 4.74 Å². The molecule has 0 atom stereocenters. The van der Waals surface area contributed by atoms with E-state index in [1.54, 1.807) is 12.1 Å². The molecule has 19 heavy (non-hydrogen) atoms. The van der Waals surface area contributed by atoms with E-state index in [0.717, 1.165) is 5.69 Å². The number of hydrogen-bond donors (Lipinski definition) is 0. The lowest BCUT2D eigenvalue weighted by Gasteiger charge is -2.41. The second-order valence-corrected chi connectivity index (χ2v) is 8.51.